The van der Waals surface area contributed by atoms with E-state index in [1.165, 1.54) is 5.69 Å². The van der Waals surface area contributed by atoms with Crippen LogP contribution in [0.4, 0.5) is 11.4 Å². The van der Waals surface area contributed by atoms with Gasteiger partial charge in [-0.15, -0.1) is 0 Å². The van der Waals surface area contributed by atoms with E-state index in [9.17, 15) is 0 Å². The summed E-state index contributed by atoms with van der Waals surface area (Å²) in [6.07, 6.45) is 1.01. The lowest BCUT2D eigenvalue weighted by molar-refractivity contribution is 0.874. The SMILES string of the molecule is CN(C)c1ccc(NCCCN)cc1. The average molecular weight is 193 g/mol. The highest BCUT2D eigenvalue weighted by Crippen LogP contribution is 2.15. The molecule has 0 atom stereocenters. The number of rotatable bonds is 5. The number of anilines is 2. The lowest BCUT2D eigenvalue weighted by atomic mass is 10.2. The van der Waals surface area contributed by atoms with E-state index in [1.54, 1.807) is 0 Å². The molecule has 3 N–H and O–H groups in total. The fourth-order valence-electron chi connectivity index (χ4n) is 1.21. The number of nitrogens with zero attached hydrogens (tertiary/aromatic N) is 1. The van der Waals surface area contributed by atoms with Crippen LogP contribution in [-0.4, -0.2) is 27.2 Å². The minimum Gasteiger partial charge on any atom is -0.385 e. The molecule has 3 heteroatoms. The molecule has 14 heavy (non-hydrogen) atoms. The van der Waals surface area contributed by atoms with Gasteiger partial charge in [0.1, 0.15) is 0 Å². The van der Waals surface area contributed by atoms with Crippen molar-refractivity contribution in [2.45, 2.75) is 6.42 Å². The Bertz CT molecular complexity index is 254. The molecule has 78 valence electrons. The minimum atomic E-state index is 0.739. The molecule has 0 saturated heterocycles. The third-order valence-electron chi connectivity index (χ3n) is 2.09. The van der Waals surface area contributed by atoms with Crippen molar-refractivity contribution in [1.82, 2.24) is 0 Å². The van der Waals surface area contributed by atoms with Crippen LogP contribution in [0.2, 0.25) is 0 Å². The Balaban J connectivity index is 2.47. The molecule has 3 nitrogen and oxygen atoms in total. The molecule has 0 aliphatic heterocycles. The first-order chi connectivity index (χ1) is 6.74. The van der Waals surface area contributed by atoms with E-state index in [1.807, 2.05) is 14.1 Å². The van der Waals surface area contributed by atoms with Crippen molar-refractivity contribution in [1.29, 1.82) is 0 Å². The highest BCUT2D eigenvalue weighted by molar-refractivity contribution is 5.54. The maximum Gasteiger partial charge on any atom is 0.0362 e. The minimum absolute atomic E-state index is 0.739. The van der Waals surface area contributed by atoms with Crippen molar-refractivity contribution in [2.75, 3.05) is 37.4 Å². The number of hydrogen-bond acceptors (Lipinski definition) is 3. The molecule has 0 saturated carbocycles. The second kappa shape index (κ2) is 5.50. The third-order valence-corrected chi connectivity index (χ3v) is 2.09. The molecular weight excluding hydrogens is 174 g/mol. The van der Waals surface area contributed by atoms with Gasteiger partial charge in [0.2, 0.25) is 0 Å². The molecule has 1 rings (SSSR count). The normalized spacial score (nSPS) is 9.93. The van der Waals surface area contributed by atoms with Crippen molar-refractivity contribution in [3.8, 4) is 0 Å². The van der Waals surface area contributed by atoms with Crippen molar-refractivity contribution < 1.29 is 0 Å². The summed E-state index contributed by atoms with van der Waals surface area (Å²) in [7, 11) is 4.08. The smallest absolute Gasteiger partial charge is 0.0362 e. The highest BCUT2D eigenvalue weighted by atomic mass is 15.1. The first kappa shape index (κ1) is 10.9. The van der Waals surface area contributed by atoms with Crippen LogP contribution in [0.25, 0.3) is 0 Å². The average Bonchev–Trinajstić information content (AvgIpc) is 2.19. The summed E-state index contributed by atoms with van der Waals surface area (Å²) in [6.45, 7) is 1.68. The zero-order valence-electron chi connectivity index (χ0n) is 8.96. The Morgan fingerprint density at radius 2 is 1.86 bits per heavy atom. The van der Waals surface area contributed by atoms with E-state index in [-0.39, 0.29) is 0 Å². The quantitative estimate of drug-likeness (QED) is 0.697. The van der Waals surface area contributed by atoms with E-state index in [0.717, 1.165) is 25.2 Å². The fourth-order valence-corrected chi connectivity index (χ4v) is 1.21. The van der Waals surface area contributed by atoms with Crippen LogP contribution in [0, 0.1) is 0 Å². The van der Waals surface area contributed by atoms with Gasteiger partial charge in [-0.05, 0) is 37.2 Å². The van der Waals surface area contributed by atoms with Crippen LogP contribution < -0.4 is 16.0 Å². The standard InChI is InChI=1S/C11H19N3/c1-14(2)11-6-4-10(5-7-11)13-9-3-8-12/h4-7,13H,3,8-9,12H2,1-2H3. The number of hydrogen-bond donors (Lipinski definition) is 2. The molecule has 1 aromatic carbocycles. The number of nitrogens with two attached hydrogens (primary N) is 1. The molecule has 0 aromatic heterocycles. The topological polar surface area (TPSA) is 41.3 Å². The highest BCUT2D eigenvalue weighted by Gasteiger charge is 1.94. The molecule has 1 aromatic rings. The van der Waals surface area contributed by atoms with Crippen LogP contribution in [0.15, 0.2) is 24.3 Å². The largest absolute Gasteiger partial charge is 0.385 e. The molecule has 0 radical (unpaired) electrons. The predicted molar refractivity (Wildman–Crippen MR) is 62.9 cm³/mol. The zero-order chi connectivity index (χ0) is 10.4. The fraction of sp³-hybridized carbons (Fsp3) is 0.455. The summed E-state index contributed by atoms with van der Waals surface area (Å²) < 4.78 is 0. The van der Waals surface area contributed by atoms with Crippen molar-refractivity contribution in [2.24, 2.45) is 5.73 Å². The Morgan fingerprint density at radius 1 is 1.21 bits per heavy atom. The van der Waals surface area contributed by atoms with Gasteiger partial charge in [-0.25, -0.2) is 0 Å². The molecule has 0 fully saturated rings. The van der Waals surface area contributed by atoms with Crippen LogP contribution in [0.5, 0.6) is 0 Å². The Kier molecular flexibility index (Phi) is 4.26. The Hall–Kier alpha value is -1.22. The van der Waals surface area contributed by atoms with Gasteiger partial charge in [0.25, 0.3) is 0 Å². The molecule has 0 heterocycles. The lowest BCUT2D eigenvalue weighted by Gasteiger charge is -2.13. The van der Waals surface area contributed by atoms with E-state index < -0.39 is 0 Å². The Morgan fingerprint density at radius 3 is 2.36 bits per heavy atom. The first-order valence-corrected chi connectivity index (χ1v) is 4.95. The van der Waals surface area contributed by atoms with Gasteiger partial charge in [0, 0.05) is 32.0 Å². The summed E-state index contributed by atoms with van der Waals surface area (Å²) in [5.41, 5.74) is 7.78. The van der Waals surface area contributed by atoms with E-state index in [2.05, 4.69) is 34.5 Å². The van der Waals surface area contributed by atoms with Crippen LogP contribution in [-0.2, 0) is 0 Å². The van der Waals surface area contributed by atoms with E-state index in [4.69, 9.17) is 5.73 Å². The van der Waals surface area contributed by atoms with Gasteiger partial charge in [-0.1, -0.05) is 0 Å². The van der Waals surface area contributed by atoms with E-state index in [0.29, 0.717) is 0 Å². The lowest BCUT2D eigenvalue weighted by Crippen LogP contribution is -2.10. The van der Waals surface area contributed by atoms with Gasteiger partial charge in [0.05, 0.1) is 0 Å². The Labute approximate surface area is 85.9 Å². The van der Waals surface area contributed by atoms with Crippen LogP contribution >= 0.6 is 0 Å². The maximum absolute atomic E-state index is 5.41. The van der Waals surface area contributed by atoms with Gasteiger partial charge in [0.15, 0.2) is 0 Å². The van der Waals surface area contributed by atoms with Gasteiger partial charge >= 0.3 is 0 Å². The summed E-state index contributed by atoms with van der Waals surface area (Å²) in [4.78, 5) is 2.09. The summed E-state index contributed by atoms with van der Waals surface area (Å²) in [5, 5.41) is 3.31. The molecule has 0 unspecified atom stereocenters. The molecule has 0 amide bonds. The number of nitrogens with one attached hydrogen (secondary N) is 1. The molecule has 0 aliphatic rings. The molecule has 0 bridgehead atoms. The number of benzene rings is 1. The predicted octanol–water partition coefficient (Wildman–Crippen LogP) is 1.51. The van der Waals surface area contributed by atoms with Crippen LogP contribution in [0.1, 0.15) is 6.42 Å². The molecule has 0 aliphatic carbocycles. The first-order valence-electron chi connectivity index (χ1n) is 4.95. The second-order valence-corrected chi connectivity index (χ2v) is 3.51. The second-order valence-electron chi connectivity index (χ2n) is 3.51. The summed E-state index contributed by atoms with van der Waals surface area (Å²) in [5.74, 6) is 0. The molecular formula is C11H19N3. The van der Waals surface area contributed by atoms with Crippen molar-refractivity contribution >= 4 is 11.4 Å². The van der Waals surface area contributed by atoms with Gasteiger partial charge in [-0.3, -0.25) is 0 Å². The van der Waals surface area contributed by atoms with Gasteiger partial charge < -0.3 is 16.0 Å². The summed E-state index contributed by atoms with van der Waals surface area (Å²) in [6, 6.07) is 8.38. The third kappa shape index (κ3) is 3.26. The summed E-state index contributed by atoms with van der Waals surface area (Å²) >= 11 is 0. The van der Waals surface area contributed by atoms with Gasteiger partial charge in [-0.2, -0.15) is 0 Å². The monoisotopic (exact) mass is 193 g/mol. The van der Waals surface area contributed by atoms with Crippen molar-refractivity contribution in [3.05, 3.63) is 24.3 Å². The van der Waals surface area contributed by atoms with Crippen molar-refractivity contribution in [3.63, 3.8) is 0 Å². The van der Waals surface area contributed by atoms with E-state index >= 15 is 0 Å². The van der Waals surface area contributed by atoms with Crippen LogP contribution in [0.3, 0.4) is 0 Å². The molecule has 0 spiro atoms. The zero-order valence-corrected chi connectivity index (χ0v) is 8.96. The maximum atomic E-state index is 5.41.